The highest BCUT2D eigenvalue weighted by Gasteiger charge is 2.15. The van der Waals surface area contributed by atoms with Gasteiger partial charge in [0.25, 0.3) is 0 Å². The third-order valence-electron chi connectivity index (χ3n) is 7.80. The molecule has 0 amide bonds. The molecule has 8 heteroatoms. The Labute approximate surface area is 267 Å². The summed E-state index contributed by atoms with van der Waals surface area (Å²) in [4.78, 5) is 4.74. The first-order chi connectivity index (χ1) is 22.0. The molecule has 0 unspecified atom stereocenters. The Morgan fingerprint density at radius 1 is 0.689 bits per heavy atom. The first kappa shape index (κ1) is 30.2. The maximum Gasteiger partial charge on any atom is 0.167 e. The number of thiazole rings is 1. The number of aromatic nitrogens is 2. The summed E-state index contributed by atoms with van der Waals surface area (Å²) >= 11 is 1.70. The minimum atomic E-state index is 0.570. The maximum atomic E-state index is 6.13. The predicted octanol–water partition coefficient (Wildman–Crippen LogP) is 9.55. The van der Waals surface area contributed by atoms with Gasteiger partial charge in [-0.05, 0) is 111 Å². The minimum absolute atomic E-state index is 0.570. The summed E-state index contributed by atoms with van der Waals surface area (Å²) in [7, 11) is 3.32. The predicted molar refractivity (Wildman–Crippen MR) is 180 cm³/mol. The van der Waals surface area contributed by atoms with E-state index in [1.807, 2.05) is 67.6 Å². The Morgan fingerprint density at radius 2 is 1.42 bits per heavy atom. The van der Waals surface area contributed by atoms with Crippen molar-refractivity contribution in [1.82, 2.24) is 10.1 Å². The van der Waals surface area contributed by atoms with E-state index in [0.717, 1.165) is 74.8 Å². The first-order valence-corrected chi connectivity index (χ1v) is 15.9. The molecular weight excluding hydrogens is 584 g/mol. The van der Waals surface area contributed by atoms with E-state index < -0.39 is 0 Å². The monoisotopic (exact) mass is 620 g/mol. The van der Waals surface area contributed by atoms with Crippen molar-refractivity contribution in [3.05, 3.63) is 96.1 Å². The average molecular weight is 621 g/mol. The second-order valence-corrected chi connectivity index (χ2v) is 11.9. The van der Waals surface area contributed by atoms with Gasteiger partial charge >= 0.3 is 0 Å². The van der Waals surface area contributed by atoms with Gasteiger partial charge < -0.3 is 23.5 Å². The Bertz CT molecular complexity index is 1860. The van der Waals surface area contributed by atoms with Crippen LogP contribution in [0, 0.1) is 13.8 Å². The fourth-order valence-corrected chi connectivity index (χ4v) is 6.09. The van der Waals surface area contributed by atoms with Gasteiger partial charge in [0.2, 0.25) is 0 Å². The van der Waals surface area contributed by atoms with Gasteiger partial charge in [0.05, 0.1) is 37.6 Å². The molecule has 0 radical (unpaired) electrons. The lowest BCUT2D eigenvalue weighted by Gasteiger charge is -2.12. The van der Waals surface area contributed by atoms with Gasteiger partial charge in [0, 0.05) is 22.8 Å². The number of fused-ring (bicyclic) bond motifs is 1. The van der Waals surface area contributed by atoms with Gasteiger partial charge in [-0.1, -0.05) is 17.3 Å². The summed E-state index contributed by atoms with van der Waals surface area (Å²) in [6, 6.07) is 28.2. The molecule has 0 aliphatic rings. The SMILES string of the molecule is COc1ccc(-c2cc(-c3cc(C)c(C)c(OC)c3)no2)cc1OCCCCCOc1ccc(-c2nc3ccccc3s2)cc1. The van der Waals surface area contributed by atoms with Crippen molar-refractivity contribution in [1.29, 1.82) is 0 Å². The van der Waals surface area contributed by atoms with Crippen molar-refractivity contribution in [2.45, 2.75) is 33.1 Å². The van der Waals surface area contributed by atoms with Gasteiger partial charge in [-0.15, -0.1) is 11.3 Å². The van der Waals surface area contributed by atoms with Gasteiger partial charge in [0.1, 0.15) is 22.2 Å². The number of nitrogens with zero attached hydrogens (tertiary/aromatic N) is 2. The molecule has 0 fully saturated rings. The third-order valence-corrected chi connectivity index (χ3v) is 8.89. The van der Waals surface area contributed by atoms with E-state index in [0.29, 0.717) is 30.5 Å². The molecule has 7 nitrogen and oxygen atoms in total. The van der Waals surface area contributed by atoms with Crippen LogP contribution in [0.15, 0.2) is 89.5 Å². The van der Waals surface area contributed by atoms with Crippen LogP contribution in [0.2, 0.25) is 0 Å². The van der Waals surface area contributed by atoms with Crippen LogP contribution in [-0.2, 0) is 0 Å². The first-order valence-electron chi connectivity index (χ1n) is 15.0. The zero-order valence-electron chi connectivity index (χ0n) is 26.0. The lowest BCUT2D eigenvalue weighted by Crippen LogP contribution is -2.02. The number of rotatable bonds is 13. The van der Waals surface area contributed by atoms with Crippen LogP contribution >= 0.6 is 11.3 Å². The summed E-state index contributed by atoms with van der Waals surface area (Å²) in [5.41, 5.74) is 6.94. The van der Waals surface area contributed by atoms with Crippen molar-refractivity contribution in [3.8, 4) is 56.2 Å². The molecule has 0 saturated heterocycles. The lowest BCUT2D eigenvalue weighted by molar-refractivity contribution is 0.270. The van der Waals surface area contributed by atoms with E-state index in [1.165, 1.54) is 4.70 Å². The highest BCUT2D eigenvalue weighted by Crippen LogP contribution is 2.36. The van der Waals surface area contributed by atoms with E-state index in [4.69, 9.17) is 28.5 Å². The molecule has 230 valence electrons. The number of benzene rings is 4. The van der Waals surface area contributed by atoms with Crippen LogP contribution in [0.25, 0.3) is 43.4 Å². The van der Waals surface area contributed by atoms with Gasteiger partial charge in [-0.25, -0.2) is 4.98 Å². The minimum Gasteiger partial charge on any atom is -0.496 e. The number of hydrogen-bond acceptors (Lipinski definition) is 8. The molecule has 6 rings (SSSR count). The van der Waals surface area contributed by atoms with E-state index in [-0.39, 0.29) is 0 Å². The topological polar surface area (TPSA) is 75.8 Å². The molecule has 0 atom stereocenters. The van der Waals surface area contributed by atoms with Gasteiger partial charge in [-0.3, -0.25) is 0 Å². The van der Waals surface area contributed by atoms with Crippen molar-refractivity contribution in [3.63, 3.8) is 0 Å². The zero-order valence-corrected chi connectivity index (χ0v) is 26.8. The molecule has 2 heterocycles. The van der Waals surface area contributed by atoms with Crippen LogP contribution < -0.4 is 18.9 Å². The smallest absolute Gasteiger partial charge is 0.167 e. The molecule has 6 aromatic rings. The summed E-state index contributed by atoms with van der Waals surface area (Å²) in [5, 5.41) is 5.34. The number of para-hydroxylation sites is 1. The fourth-order valence-electron chi connectivity index (χ4n) is 5.12. The van der Waals surface area contributed by atoms with Gasteiger partial charge in [0.15, 0.2) is 17.3 Å². The van der Waals surface area contributed by atoms with E-state index in [9.17, 15) is 0 Å². The molecule has 0 saturated carbocycles. The van der Waals surface area contributed by atoms with Crippen molar-refractivity contribution >= 4 is 21.6 Å². The van der Waals surface area contributed by atoms with E-state index in [2.05, 4.69) is 36.3 Å². The van der Waals surface area contributed by atoms with Crippen molar-refractivity contribution in [2.75, 3.05) is 27.4 Å². The molecule has 4 aromatic carbocycles. The Balaban J connectivity index is 0.984. The number of ether oxygens (including phenoxy) is 4. The summed E-state index contributed by atoms with van der Waals surface area (Å²) < 4.78 is 30.1. The van der Waals surface area contributed by atoms with E-state index in [1.54, 1.807) is 25.6 Å². The highest BCUT2D eigenvalue weighted by atomic mass is 32.1. The van der Waals surface area contributed by atoms with Crippen LogP contribution in [0.4, 0.5) is 0 Å². The second-order valence-electron chi connectivity index (χ2n) is 10.8. The third kappa shape index (κ3) is 6.97. The highest BCUT2D eigenvalue weighted by molar-refractivity contribution is 7.21. The summed E-state index contributed by atoms with van der Waals surface area (Å²) in [6.45, 7) is 5.33. The van der Waals surface area contributed by atoms with Crippen LogP contribution in [0.5, 0.6) is 23.0 Å². The molecule has 0 bridgehead atoms. The largest absolute Gasteiger partial charge is 0.496 e. The quantitative estimate of drug-likeness (QED) is 0.119. The number of hydrogen-bond donors (Lipinski definition) is 0. The van der Waals surface area contributed by atoms with Crippen molar-refractivity contribution in [2.24, 2.45) is 0 Å². The number of unbranched alkanes of at least 4 members (excludes halogenated alkanes) is 2. The molecule has 45 heavy (non-hydrogen) atoms. The summed E-state index contributed by atoms with van der Waals surface area (Å²) in [6.07, 6.45) is 2.81. The van der Waals surface area contributed by atoms with Crippen molar-refractivity contribution < 1.29 is 23.5 Å². The van der Waals surface area contributed by atoms with Crippen LogP contribution in [0.3, 0.4) is 0 Å². The lowest BCUT2D eigenvalue weighted by atomic mass is 10.0. The summed E-state index contributed by atoms with van der Waals surface area (Å²) in [5.74, 6) is 3.70. The Kier molecular flexibility index (Phi) is 9.31. The Hall–Kier alpha value is -4.82. The standard InChI is InChI=1S/C37H36N2O5S/c1-24-20-28(22-33(41-4)25(24)2)31-23-34(44-39-31)27-14-17-32(40-3)35(21-27)43-19-9-5-8-18-42-29-15-12-26(13-16-29)37-38-30-10-6-7-11-36(30)45-37/h6-7,10-17,20-23H,5,8-9,18-19H2,1-4H3. The zero-order chi connectivity index (χ0) is 31.2. The molecule has 2 aromatic heterocycles. The molecular formula is C37H36N2O5S. The van der Waals surface area contributed by atoms with Crippen LogP contribution in [0.1, 0.15) is 30.4 Å². The maximum absolute atomic E-state index is 6.13. The average Bonchev–Trinajstić information content (AvgIpc) is 3.74. The number of aryl methyl sites for hydroxylation is 1. The second kappa shape index (κ2) is 13.9. The van der Waals surface area contributed by atoms with Gasteiger partial charge in [-0.2, -0.15) is 0 Å². The molecule has 0 N–H and O–H groups in total. The number of methoxy groups -OCH3 is 2. The molecule has 0 aliphatic heterocycles. The normalized spacial score (nSPS) is 11.1. The molecule has 0 spiro atoms. The molecule has 0 aliphatic carbocycles. The fraction of sp³-hybridized carbons (Fsp3) is 0.243. The van der Waals surface area contributed by atoms with Crippen LogP contribution in [-0.4, -0.2) is 37.6 Å². The Morgan fingerprint density at radius 3 is 2.20 bits per heavy atom. The van der Waals surface area contributed by atoms with E-state index >= 15 is 0 Å².